The summed E-state index contributed by atoms with van der Waals surface area (Å²) >= 11 is 1.46. The van der Waals surface area contributed by atoms with E-state index in [4.69, 9.17) is 9.32 Å². The maximum absolute atomic E-state index is 13.2. The summed E-state index contributed by atoms with van der Waals surface area (Å²) < 4.78 is 27.5. The Morgan fingerprint density at radius 2 is 2.14 bits per heavy atom. The number of fused-ring (bicyclic) bond motifs is 5. The summed E-state index contributed by atoms with van der Waals surface area (Å²) in [6.45, 7) is 4.08. The van der Waals surface area contributed by atoms with Gasteiger partial charge in [0.2, 0.25) is 5.91 Å². The van der Waals surface area contributed by atoms with Crippen LogP contribution in [0.25, 0.3) is 0 Å². The normalized spacial score (nSPS) is 29.7. The first-order valence-corrected chi connectivity index (χ1v) is 14.4. The summed E-state index contributed by atoms with van der Waals surface area (Å²) in [6.07, 6.45) is 6.87. The van der Waals surface area contributed by atoms with Gasteiger partial charge in [-0.05, 0) is 86.0 Å². The predicted molar refractivity (Wildman–Crippen MR) is 133 cm³/mol. The fraction of sp³-hybridized carbons (Fsp3) is 0.560. The van der Waals surface area contributed by atoms with E-state index in [1.807, 2.05) is 13.0 Å². The van der Waals surface area contributed by atoms with E-state index in [1.54, 1.807) is 18.3 Å². The number of nitrogens with two attached hydrogens (primary N) is 1. The number of amides is 1. The molecule has 2 saturated carbocycles. The second-order valence-corrected chi connectivity index (χ2v) is 12.9. The highest BCUT2D eigenvalue weighted by Gasteiger charge is 2.58. The average molecular weight is 518 g/mol. The van der Waals surface area contributed by atoms with Crippen LogP contribution in [-0.2, 0) is 26.3 Å². The molecule has 1 aromatic carbocycles. The van der Waals surface area contributed by atoms with Gasteiger partial charge in [0, 0.05) is 29.3 Å². The molecule has 0 spiro atoms. The lowest BCUT2D eigenvalue weighted by atomic mass is 9.54. The van der Waals surface area contributed by atoms with Crippen molar-refractivity contribution in [1.82, 2.24) is 4.98 Å². The molecule has 1 heterocycles. The molecule has 188 valence electrons. The first kappa shape index (κ1) is 24.4. The molecule has 1 amide bonds. The smallest absolute Gasteiger partial charge is 0.371 e. The number of thiazole rings is 1. The zero-order chi connectivity index (χ0) is 25.0. The van der Waals surface area contributed by atoms with Gasteiger partial charge in [-0.2, -0.15) is 13.6 Å². The summed E-state index contributed by atoms with van der Waals surface area (Å²) in [5, 5.41) is 8.54. The number of benzene rings is 1. The minimum absolute atomic E-state index is 0.0517. The molecule has 0 radical (unpaired) electrons. The second kappa shape index (κ2) is 8.97. The highest BCUT2D eigenvalue weighted by Crippen LogP contribution is 2.62. The van der Waals surface area contributed by atoms with E-state index < -0.39 is 10.3 Å². The van der Waals surface area contributed by atoms with Gasteiger partial charge in [0.1, 0.15) is 11.5 Å². The van der Waals surface area contributed by atoms with Gasteiger partial charge in [-0.15, -0.1) is 11.3 Å². The Labute approximate surface area is 209 Å². The molecule has 5 atom stereocenters. The molecule has 0 aliphatic heterocycles. The second-order valence-electron chi connectivity index (χ2n) is 10.5. The van der Waals surface area contributed by atoms with Gasteiger partial charge < -0.3 is 9.50 Å². The Hall–Kier alpha value is -2.30. The Morgan fingerprint density at radius 3 is 2.86 bits per heavy atom. The van der Waals surface area contributed by atoms with Crippen molar-refractivity contribution in [3.05, 3.63) is 40.4 Å². The SMILES string of the molecule is Cc1cnc(NC(=O)CCC2CC(=O)C3(C)CCC4c5ccc(OS(N)(=O)=O)cc5CCC4C23)s1. The van der Waals surface area contributed by atoms with Gasteiger partial charge >= 0.3 is 10.3 Å². The fourth-order valence-corrected chi connectivity index (χ4v) is 8.03. The van der Waals surface area contributed by atoms with E-state index in [0.29, 0.717) is 42.0 Å². The van der Waals surface area contributed by atoms with Crippen LogP contribution in [-0.4, -0.2) is 25.1 Å². The standard InChI is InChI=1S/C25H31N3O5S2/c1-14-13-27-24(34-14)28-22(30)8-4-16-12-21(29)25(2)10-9-19-18-7-5-17(33-35(26,31)32)11-15(18)3-6-20(19)23(16)25/h5,7,11,13,16,19-20,23H,3-4,6,8-10,12H2,1-2H3,(H2,26,31,32)(H,27,28,30). The van der Waals surface area contributed by atoms with E-state index in [-0.39, 0.29) is 28.9 Å². The predicted octanol–water partition coefficient (Wildman–Crippen LogP) is 4.10. The number of aromatic nitrogens is 1. The molecule has 3 N–H and O–H groups in total. The summed E-state index contributed by atoms with van der Waals surface area (Å²) in [5.74, 6) is 1.65. The number of nitrogens with zero attached hydrogens (tertiary/aromatic N) is 1. The third-order valence-corrected chi connectivity index (χ3v) is 9.62. The van der Waals surface area contributed by atoms with Crippen molar-refractivity contribution in [3.63, 3.8) is 0 Å². The van der Waals surface area contributed by atoms with Crippen LogP contribution in [0.5, 0.6) is 5.75 Å². The van der Waals surface area contributed by atoms with Gasteiger partial charge in [-0.1, -0.05) is 13.0 Å². The quantitative estimate of drug-likeness (QED) is 0.594. The molecule has 5 rings (SSSR count). The number of carbonyl (C=O) groups is 2. The number of Topliss-reactive ketones (excluding diaryl/α,β-unsaturated/α-hetero) is 1. The minimum Gasteiger partial charge on any atom is -0.371 e. The van der Waals surface area contributed by atoms with Crippen molar-refractivity contribution in [3.8, 4) is 5.75 Å². The molecule has 1 aromatic heterocycles. The first-order chi connectivity index (χ1) is 16.5. The zero-order valence-corrected chi connectivity index (χ0v) is 21.6. The van der Waals surface area contributed by atoms with E-state index in [0.717, 1.165) is 36.1 Å². The Kier molecular flexibility index (Phi) is 6.26. The van der Waals surface area contributed by atoms with Gasteiger partial charge in [0.25, 0.3) is 0 Å². The molecule has 8 nitrogen and oxygen atoms in total. The number of nitrogens with one attached hydrogen (secondary N) is 1. The van der Waals surface area contributed by atoms with Gasteiger partial charge in [-0.3, -0.25) is 9.59 Å². The van der Waals surface area contributed by atoms with Gasteiger partial charge in [0.05, 0.1) is 0 Å². The number of rotatable bonds is 6. The number of hydrogen-bond acceptors (Lipinski definition) is 7. The Morgan fingerprint density at radius 1 is 1.34 bits per heavy atom. The highest BCUT2D eigenvalue weighted by atomic mass is 32.2. The number of aryl methyl sites for hydroxylation is 2. The van der Waals surface area contributed by atoms with Crippen molar-refractivity contribution in [2.24, 2.45) is 28.3 Å². The van der Waals surface area contributed by atoms with Crippen LogP contribution in [0.3, 0.4) is 0 Å². The third kappa shape index (κ3) is 4.75. The Balaban J connectivity index is 1.33. The van der Waals surface area contributed by atoms with Crippen molar-refractivity contribution < 1.29 is 22.2 Å². The van der Waals surface area contributed by atoms with Crippen LogP contribution < -0.4 is 14.6 Å². The van der Waals surface area contributed by atoms with Crippen molar-refractivity contribution in [1.29, 1.82) is 0 Å². The van der Waals surface area contributed by atoms with E-state index in [2.05, 4.69) is 17.2 Å². The van der Waals surface area contributed by atoms with E-state index in [9.17, 15) is 18.0 Å². The number of carbonyl (C=O) groups excluding carboxylic acids is 2. The van der Waals surface area contributed by atoms with Crippen molar-refractivity contribution in [2.45, 2.75) is 64.7 Å². The van der Waals surface area contributed by atoms with Crippen molar-refractivity contribution >= 4 is 38.5 Å². The van der Waals surface area contributed by atoms with E-state index >= 15 is 0 Å². The van der Waals surface area contributed by atoms with Crippen LogP contribution in [0.4, 0.5) is 5.13 Å². The number of ketones is 1. The van der Waals surface area contributed by atoms with Crippen LogP contribution in [0, 0.1) is 30.1 Å². The van der Waals surface area contributed by atoms with Crippen LogP contribution in [0.2, 0.25) is 0 Å². The number of anilines is 1. The molecule has 3 aliphatic rings. The zero-order valence-electron chi connectivity index (χ0n) is 20.0. The summed E-state index contributed by atoms with van der Waals surface area (Å²) in [4.78, 5) is 31.0. The van der Waals surface area contributed by atoms with Crippen LogP contribution >= 0.6 is 11.3 Å². The lowest BCUT2D eigenvalue weighted by Gasteiger charge is -2.50. The molecule has 10 heteroatoms. The molecular formula is C25H31N3O5S2. The summed E-state index contributed by atoms with van der Waals surface area (Å²) in [5.41, 5.74) is 1.98. The molecule has 2 aromatic rings. The summed E-state index contributed by atoms with van der Waals surface area (Å²) in [6, 6.07) is 5.41. The lowest BCUT2D eigenvalue weighted by molar-refractivity contribution is -0.129. The minimum atomic E-state index is -4.07. The largest absolute Gasteiger partial charge is 0.380 e. The first-order valence-electron chi connectivity index (χ1n) is 12.1. The molecule has 0 saturated heterocycles. The highest BCUT2D eigenvalue weighted by molar-refractivity contribution is 7.84. The molecule has 35 heavy (non-hydrogen) atoms. The van der Waals surface area contributed by atoms with Gasteiger partial charge in [-0.25, -0.2) is 4.98 Å². The topological polar surface area (TPSA) is 128 Å². The number of hydrogen-bond donors (Lipinski definition) is 2. The average Bonchev–Trinajstić information content (AvgIpc) is 3.30. The van der Waals surface area contributed by atoms with Crippen molar-refractivity contribution in [2.75, 3.05) is 5.32 Å². The monoisotopic (exact) mass is 517 g/mol. The maximum Gasteiger partial charge on any atom is 0.380 e. The maximum atomic E-state index is 13.2. The summed E-state index contributed by atoms with van der Waals surface area (Å²) in [7, 11) is -4.07. The van der Waals surface area contributed by atoms with Crippen LogP contribution in [0.1, 0.15) is 67.4 Å². The fourth-order valence-electron chi connectivity index (χ4n) is 6.98. The molecule has 5 unspecified atom stereocenters. The molecule has 3 aliphatic carbocycles. The molecule has 0 bridgehead atoms. The third-order valence-electron chi connectivity index (χ3n) is 8.36. The van der Waals surface area contributed by atoms with E-state index in [1.165, 1.54) is 16.9 Å². The molecular weight excluding hydrogens is 486 g/mol. The lowest BCUT2D eigenvalue weighted by Crippen LogP contribution is -2.44. The Bertz CT molecular complexity index is 1270. The van der Waals surface area contributed by atoms with Crippen LogP contribution in [0.15, 0.2) is 24.4 Å². The van der Waals surface area contributed by atoms with Gasteiger partial charge in [0.15, 0.2) is 5.13 Å². The molecule has 2 fully saturated rings.